The van der Waals surface area contributed by atoms with E-state index >= 15 is 0 Å². The predicted octanol–water partition coefficient (Wildman–Crippen LogP) is 4.46. The molecule has 0 aliphatic heterocycles. The number of hydrogen-bond donors (Lipinski definition) is 0. The second kappa shape index (κ2) is 8.34. The highest BCUT2D eigenvalue weighted by Crippen LogP contribution is 2.29. The molecule has 0 spiro atoms. The molecule has 5 heteroatoms. The average Bonchev–Trinajstić information content (AvgIpc) is 3.03. The molecule has 1 saturated carbocycles. The molecule has 23 heavy (non-hydrogen) atoms. The number of rotatable bonds is 6. The summed E-state index contributed by atoms with van der Waals surface area (Å²) in [6.45, 7) is 3.77. The van der Waals surface area contributed by atoms with Crippen molar-refractivity contribution in [1.29, 1.82) is 0 Å². The smallest absolute Gasteiger partial charge is 0.311 e. The minimum absolute atomic E-state index is 0.0118. The number of aryl methyl sites for hydroxylation is 1. The first-order valence-electron chi connectivity index (χ1n) is 8.12. The molecule has 0 saturated heterocycles. The van der Waals surface area contributed by atoms with Gasteiger partial charge in [0.15, 0.2) is 0 Å². The molecular weight excluding hydrogens is 316 g/mol. The van der Waals surface area contributed by atoms with Gasteiger partial charge in [0, 0.05) is 5.02 Å². The summed E-state index contributed by atoms with van der Waals surface area (Å²) in [6, 6.07) is 5.01. The number of carbonyl (C=O) groups excluding carboxylic acids is 2. The summed E-state index contributed by atoms with van der Waals surface area (Å²) in [6.07, 6.45) is 4.64. The topological polar surface area (TPSA) is 52.6 Å². The maximum absolute atomic E-state index is 11.8. The second-order valence-electron chi connectivity index (χ2n) is 6.12. The van der Waals surface area contributed by atoms with Crippen LogP contribution in [0.25, 0.3) is 0 Å². The van der Waals surface area contributed by atoms with Crippen LogP contribution in [0.15, 0.2) is 18.2 Å². The maximum atomic E-state index is 11.8. The first-order chi connectivity index (χ1) is 11.0. The van der Waals surface area contributed by atoms with Crippen molar-refractivity contribution >= 4 is 23.5 Å². The Kier molecular flexibility index (Phi) is 6.46. The number of hydrogen-bond acceptors (Lipinski definition) is 4. The molecule has 1 unspecified atom stereocenters. The van der Waals surface area contributed by atoms with Gasteiger partial charge in [-0.25, -0.2) is 0 Å². The SMILES string of the molecule is Cc1cc(OC(=O)CCC(=O)OC(C)C2CCCC2)ccc1Cl. The summed E-state index contributed by atoms with van der Waals surface area (Å²) in [5.74, 6) is 0.110. The third kappa shape index (κ3) is 5.54. The van der Waals surface area contributed by atoms with E-state index in [1.807, 2.05) is 13.8 Å². The van der Waals surface area contributed by atoms with E-state index in [1.54, 1.807) is 18.2 Å². The van der Waals surface area contributed by atoms with Crippen LogP contribution in [0.3, 0.4) is 0 Å². The highest BCUT2D eigenvalue weighted by Gasteiger charge is 2.24. The van der Waals surface area contributed by atoms with Gasteiger partial charge in [0.2, 0.25) is 0 Å². The largest absolute Gasteiger partial charge is 0.462 e. The van der Waals surface area contributed by atoms with Gasteiger partial charge < -0.3 is 9.47 Å². The van der Waals surface area contributed by atoms with E-state index in [0.717, 1.165) is 18.4 Å². The van der Waals surface area contributed by atoms with Crippen LogP contribution >= 0.6 is 11.6 Å². The lowest BCUT2D eigenvalue weighted by Crippen LogP contribution is -2.23. The lowest BCUT2D eigenvalue weighted by atomic mass is 10.0. The van der Waals surface area contributed by atoms with Crippen LogP contribution in [-0.4, -0.2) is 18.0 Å². The van der Waals surface area contributed by atoms with E-state index in [1.165, 1.54) is 12.8 Å². The Morgan fingerprint density at radius 1 is 1.22 bits per heavy atom. The fourth-order valence-corrected chi connectivity index (χ4v) is 2.97. The zero-order valence-corrected chi connectivity index (χ0v) is 14.4. The van der Waals surface area contributed by atoms with Crippen LogP contribution in [0.5, 0.6) is 5.75 Å². The summed E-state index contributed by atoms with van der Waals surface area (Å²) >= 11 is 5.92. The monoisotopic (exact) mass is 338 g/mol. The van der Waals surface area contributed by atoms with Crippen LogP contribution < -0.4 is 4.74 Å². The van der Waals surface area contributed by atoms with Gasteiger partial charge in [0.05, 0.1) is 12.8 Å². The molecule has 126 valence electrons. The Hall–Kier alpha value is -1.55. The third-order valence-electron chi connectivity index (χ3n) is 4.28. The minimum Gasteiger partial charge on any atom is -0.462 e. The molecule has 1 aromatic carbocycles. The van der Waals surface area contributed by atoms with Crippen LogP contribution in [0.2, 0.25) is 5.02 Å². The van der Waals surface area contributed by atoms with Crippen molar-refractivity contribution in [3.63, 3.8) is 0 Å². The van der Waals surface area contributed by atoms with Crippen molar-refractivity contribution in [2.24, 2.45) is 5.92 Å². The second-order valence-corrected chi connectivity index (χ2v) is 6.53. The van der Waals surface area contributed by atoms with Crippen molar-refractivity contribution in [3.05, 3.63) is 28.8 Å². The lowest BCUT2D eigenvalue weighted by molar-refractivity contribution is -0.153. The number of esters is 2. The Morgan fingerprint density at radius 3 is 2.52 bits per heavy atom. The number of ether oxygens (including phenoxy) is 2. The molecule has 1 atom stereocenters. The number of benzene rings is 1. The standard InChI is InChI=1S/C18H23ClO4/c1-12-11-15(7-8-16(12)19)23-18(21)10-9-17(20)22-13(2)14-5-3-4-6-14/h7-8,11,13-14H,3-6,9-10H2,1-2H3. The van der Waals surface area contributed by atoms with Gasteiger partial charge in [-0.2, -0.15) is 0 Å². The molecule has 2 rings (SSSR count). The van der Waals surface area contributed by atoms with Crippen LogP contribution in [-0.2, 0) is 14.3 Å². The van der Waals surface area contributed by atoms with Crippen LogP contribution in [0.1, 0.15) is 51.0 Å². The summed E-state index contributed by atoms with van der Waals surface area (Å²) < 4.78 is 10.6. The molecular formula is C18H23ClO4. The van der Waals surface area contributed by atoms with Crippen LogP contribution in [0, 0.1) is 12.8 Å². The Morgan fingerprint density at radius 2 is 1.87 bits per heavy atom. The molecule has 0 bridgehead atoms. The van der Waals surface area contributed by atoms with Crippen LogP contribution in [0.4, 0.5) is 0 Å². The van der Waals surface area contributed by atoms with E-state index in [4.69, 9.17) is 21.1 Å². The molecule has 4 nitrogen and oxygen atoms in total. The highest BCUT2D eigenvalue weighted by molar-refractivity contribution is 6.31. The van der Waals surface area contributed by atoms with Crippen molar-refractivity contribution in [2.75, 3.05) is 0 Å². The fourth-order valence-electron chi connectivity index (χ4n) is 2.86. The Labute approximate surface area is 142 Å². The molecule has 0 radical (unpaired) electrons. The van der Waals surface area contributed by atoms with Crippen molar-refractivity contribution in [2.45, 2.75) is 58.5 Å². The van der Waals surface area contributed by atoms with E-state index < -0.39 is 5.97 Å². The highest BCUT2D eigenvalue weighted by atomic mass is 35.5. The lowest BCUT2D eigenvalue weighted by Gasteiger charge is -2.19. The first-order valence-corrected chi connectivity index (χ1v) is 8.50. The van der Waals surface area contributed by atoms with Gasteiger partial charge in [-0.15, -0.1) is 0 Å². The average molecular weight is 339 g/mol. The molecule has 0 amide bonds. The Bertz CT molecular complexity index is 564. The van der Waals surface area contributed by atoms with E-state index in [-0.39, 0.29) is 24.9 Å². The third-order valence-corrected chi connectivity index (χ3v) is 4.70. The van der Waals surface area contributed by atoms with Gasteiger partial charge in [-0.05, 0) is 56.4 Å². The van der Waals surface area contributed by atoms with Gasteiger partial charge in [0.1, 0.15) is 11.9 Å². The minimum atomic E-state index is -0.447. The van der Waals surface area contributed by atoms with Gasteiger partial charge in [-0.3, -0.25) is 9.59 Å². The molecule has 1 aromatic rings. The first kappa shape index (κ1) is 17.8. The van der Waals surface area contributed by atoms with E-state index in [9.17, 15) is 9.59 Å². The zero-order valence-electron chi connectivity index (χ0n) is 13.6. The molecule has 0 N–H and O–H groups in total. The fraction of sp³-hybridized carbons (Fsp3) is 0.556. The predicted molar refractivity (Wildman–Crippen MR) is 88.6 cm³/mol. The normalized spacial score (nSPS) is 16.1. The summed E-state index contributed by atoms with van der Waals surface area (Å²) in [5, 5.41) is 0.620. The summed E-state index contributed by atoms with van der Waals surface area (Å²) in [4.78, 5) is 23.6. The number of halogens is 1. The molecule has 0 heterocycles. The van der Waals surface area contributed by atoms with Crippen molar-refractivity contribution in [1.82, 2.24) is 0 Å². The van der Waals surface area contributed by atoms with E-state index in [2.05, 4.69) is 0 Å². The number of carbonyl (C=O) groups is 2. The molecule has 1 aliphatic rings. The van der Waals surface area contributed by atoms with Gasteiger partial charge in [-0.1, -0.05) is 24.4 Å². The van der Waals surface area contributed by atoms with Gasteiger partial charge in [0.25, 0.3) is 0 Å². The van der Waals surface area contributed by atoms with E-state index in [0.29, 0.717) is 16.7 Å². The maximum Gasteiger partial charge on any atom is 0.311 e. The molecule has 1 fully saturated rings. The van der Waals surface area contributed by atoms with Crippen molar-refractivity contribution < 1.29 is 19.1 Å². The Balaban J connectivity index is 1.72. The quantitative estimate of drug-likeness (QED) is 0.567. The summed E-state index contributed by atoms with van der Waals surface area (Å²) in [7, 11) is 0. The van der Waals surface area contributed by atoms with Gasteiger partial charge >= 0.3 is 11.9 Å². The molecule has 0 aromatic heterocycles. The molecule has 1 aliphatic carbocycles. The van der Waals surface area contributed by atoms with Crippen molar-refractivity contribution in [3.8, 4) is 5.75 Å². The summed E-state index contributed by atoms with van der Waals surface area (Å²) in [5.41, 5.74) is 0.835. The zero-order chi connectivity index (χ0) is 16.8.